The minimum absolute atomic E-state index is 0. The van der Waals surface area contributed by atoms with E-state index >= 15 is 0 Å². The van der Waals surface area contributed by atoms with Crippen LogP contribution in [0.15, 0.2) is 29.1 Å². The fraction of sp³-hybridized carbons (Fsp3) is 0.286. The van der Waals surface area contributed by atoms with Crippen molar-refractivity contribution < 1.29 is 9.72 Å². The maximum absolute atomic E-state index is 12.5. The molecule has 1 aromatic carbocycles. The topological polar surface area (TPSA) is 122 Å². The molecule has 124 valence electrons. The number of nitrogens with two attached hydrogens (primary N) is 1. The number of nitro groups is 1. The van der Waals surface area contributed by atoms with Gasteiger partial charge in [-0.3, -0.25) is 19.7 Å². The first-order valence-corrected chi connectivity index (χ1v) is 6.64. The standard InChI is InChI=1S/C14H16N4O4.ClH/c1-8(7-15)17(2)14(20)11-6-13(19)16-12-4-3-9(18(21)22)5-10(11)12;/h3-6,8H,7,15H2,1-2H3,(H,16,19);1H. The molecule has 2 aromatic rings. The molecule has 1 atom stereocenters. The molecule has 2 rings (SSSR count). The minimum Gasteiger partial charge on any atom is -0.338 e. The van der Waals surface area contributed by atoms with Crippen LogP contribution in [0, 0.1) is 10.1 Å². The zero-order valence-corrected chi connectivity index (χ0v) is 13.4. The van der Waals surface area contributed by atoms with Gasteiger partial charge in [-0.05, 0) is 13.0 Å². The van der Waals surface area contributed by atoms with Crippen molar-refractivity contribution in [1.29, 1.82) is 0 Å². The smallest absolute Gasteiger partial charge is 0.270 e. The first-order chi connectivity index (χ1) is 10.3. The number of carbonyl (C=O) groups is 1. The number of aromatic amines is 1. The Kier molecular flexibility index (Phi) is 5.83. The number of nitrogens with one attached hydrogen (secondary N) is 1. The molecule has 3 N–H and O–H groups in total. The van der Waals surface area contributed by atoms with Gasteiger partial charge in [-0.15, -0.1) is 12.4 Å². The third-order valence-electron chi connectivity index (χ3n) is 3.59. The maximum Gasteiger partial charge on any atom is 0.270 e. The van der Waals surface area contributed by atoms with Crippen LogP contribution in [0.1, 0.15) is 17.3 Å². The number of benzene rings is 1. The average Bonchev–Trinajstić information content (AvgIpc) is 2.51. The second-order valence-corrected chi connectivity index (χ2v) is 5.04. The molecule has 0 saturated carbocycles. The van der Waals surface area contributed by atoms with E-state index in [9.17, 15) is 19.7 Å². The van der Waals surface area contributed by atoms with E-state index in [4.69, 9.17) is 5.73 Å². The summed E-state index contributed by atoms with van der Waals surface area (Å²) in [7, 11) is 1.57. The van der Waals surface area contributed by atoms with Gasteiger partial charge in [0.15, 0.2) is 0 Å². The number of rotatable bonds is 4. The van der Waals surface area contributed by atoms with Crippen molar-refractivity contribution in [2.75, 3.05) is 13.6 Å². The van der Waals surface area contributed by atoms with Crippen molar-refractivity contribution in [1.82, 2.24) is 9.88 Å². The van der Waals surface area contributed by atoms with Gasteiger partial charge in [-0.25, -0.2) is 0 Å². The Morgan fingerprint density at radius 2 is 2.09 bits per heavy atom. The number of nitrogens with zero attached hydrogens (tertiary/aromatic N) is 2. The number of nitro benzene ring substituents is 1. The zero-order chi connectivity index (χ0) is 16.4. The van der Waals surface area contributed by atoms with Gasteiger partial charge >= 0.3 is 0 Å². The summed E-state index contributed by atoms with van der Waals surface area (Å²) in [6.45, 7) is 2.04. The quantitative estimate of drug-likeness (QED) is 0.641. The fourth-order valence-electron chi connectivity index (χ4n) is 2.08. The Bertz CT molecular complexity index is 805. The van der Waals surface area contributed by atoms with Crippen molar-refractivity contribution in [3.63, 3.8) is 0 Å². The largest absolute Gasteiger partial charge is 0.338 e. The monoisotopic (exact) mass is 340 g/mol. The molecule has 9 heteroatoms. The molecule has 0 aliphatic rings. The van der Waals surface area contributed by atoms with Gasteiger partial charge in [0.2, 0.25) is 5.56 Å². The summed E-state index contributed by atoms with van der Waals surface area (Å²) < 4.78 is 0. The Balaban J connectivity index is 0.00000264. The second-order valence-electron chi connectivity index (χ2n) is 5.04. The van der Waals surface area contributed by atoms with Crippen molar-refractivity contribution >= 4 is 34.9 Å². The van der Waals surface area contributed by atoms with Crippen LogP contribution in [0.25, 0.3) is 10.9 Å². The predicted molar refractivity (Wildman–Crippen MR) is 89.1 cm³/mol. The van der Waals surface area contributed by atoms with E-state index in [0.717, 1.165) is 6.07 Å². The van der Waals surface area contributed by atoms with E-state index in [2.05, 4.69) is 4.98 Å². The molecule has 8 nitrogen and oxygen atoms in total. The zero-order valence-electron chi connectivity index (χ0n) is 12.6. The molecule has 0 radical (unpaired) electrons. The van der Waals surface area contributed by atoms with E-state index < -0.39 is 16.4 Å². The molecule has 0 aliphatic heterocycles. The third kappa shape index (κ3) is 3.66. The number of fused-ring (bicyclic) bond motifs is 1. The second kappa shape index (κ2) is 7.21. The van der Waals surface area contributed by atoms with Gasteiger partial charge in [-0.1, -0.05) is 0 Å². The molecular weight excluding hydrogens is 324 g/mol. The van der Waals surface area contributed by atoms with E-state index in [-0.39, 0.29) is 36.2 Å². The summed E-state index contributed by atoms with van der Waals surface area (Å²) >= 11 is 0. The van der Waals surface area contributed by atoms with Crippen LogP contribution in [0.2, 0.25) is 0 Å². The number of non-ortho nitro benzene ring substituents is 1. The first kappa shape index (κ1) is 18.6. The summed E-state index contributed by atoms with van der Waals surface area (Å²) in [5.41, 5.74) is 5.43. The molecule has 0 saturated heterocycles. The van der Waals surface area contributed by atoms with E-state index in [1.165, 1.54) is 23.1 Å². The summed E-state index contributed by atoms with van der Waals surface area (Å²) in [4.78, 5) is 38.6. The number of likely N-dealkylation sites (N-methyl/N-ethyl adjacent to an activating group) is 1. The van der Waals surface area contributed by atoms with E-state index in [1.807, 2.05) is 0 Å². The van der Waals surface area contributed by atoms with Crippen molar-refractivity contribution in [2.45, 2.75) is 13.0 Å². The lowest BCUT2D eigenvalue weighted by Gasteiger charge is -2.24. The Labute approximate surface area is 137 Å². The lowest BCUT2D eigenvalue weighted by molar-refractivity contribution is -0.384. The van der Waals surface area contributed by atoms with Crippen LogP contribution >= 0.6 is 12.4 Å². The SMILES string of the molecule is CC(CN)N(C)C(=O)c1cc(=O)[nH]c2ccc([N+](=O)[O-])cc12.Cl. The lowest BCUT2D eigenvalue weighted by Crippen LogP contribution is -2.40. The number of hydrogen-bond donors (Lipinski definition) is 2. The molecule has 0 aliphatic carbocycles. The van der Waals surface area contributed by atoms with Gasteiger partial charge in [-0.2, -0.15) is 0 Å². The number of amides is 1. The number of aromatic nitrogens is 1. The number of hydrogen-bond acceptors (Lipinski definition) is 5. The molecule has 1 aromatic heterocycles. The Hall–Kier alpha value is -2.45. The Morgan fingerprint density at radius 1 is 1.43 bits per heavy atom. The normalized spacial score (nSPS) is 11.6. The molecule has 23 heavy (non-hydrogen) atoms. The first-order valence-electron chi connectivity index (χ1n) is 6.64. The maximum atomic E-state index is 12.5. The molecular formula is C14H17ClN4O4. The van der Waals surface area contributed by atoms with Gasteiger partial charge in [0.1, 0.15) is 0 Å². The van der Waals surface area contributed by atoms with Crippen LogP contribution in [0.3, 0.4) is 0 Å². The van der Waals surface area contributed by atoms with Gasteiger partial charge in [0, 0.05) is 48.7 Å². The van der Waals surface area contributed by atoms with E-state index in [1.54, 1.807) is 14.0 Å². The third-order valence-corrected chi connectivity index (χ3v) is 3.59. The molecule has 1 heterocycles. The number of H-pyrrole nitrogens is 1. The van der Waals surface area contributed by atoms with E-state index in [0.29, 0.717) is 10.9 Å². The summed E-state index contributed by atoms with van der Waals surface area (Å²) in [5, 5.41) is 11.2. The van der Waals surface area contributed by atoms with Crippen molar-refractivity contribution in [3.05, 3.63) is 50.3 Å². The van der Waals surface area contributed by atoms with Gasteiger partial charge in [0.05, 0.1) is 10.5 Å². The van der Waals surface area contributed by atoms with Crippen LogP contribution in [-0.4, -0.2) is 40.3 Å². The fourth-order valence-corrected chi connectivity index (χ4v) is 2.08. The number of carbonyl (C=O) groups excluding carboxylic acids is 1. The van der Waals surface area contributed by atoms with Crippen molar-refractivity contribution in [2.24, 2.45) is 5.73 Å². The highest BCUT2D eigenvalue weighted by Gasteiger charge is 2.20. The highest BCUT2D eigenvalue weighted by atomic mass is 35.5. The van der Waals surface area contributed by atoms with Gasteiger partial charge < -0.3 is 15.6 Å². The average molecular weight is 341 g/mol. The summed E-state index contributed by atoms with van der Waals surface area (Å²) in [6.07, 6.45) is 0. The van der Waals surface area contributed by atoms with Crippen LogP contribution in [0.4, 0.5) is 5.69 Å². The predicted octanol–water partition coefficient (Wildman–Crippen LogP) is 1.28. The number of pyridine rings is 1. The summed E-state index contributed by atoms with van der Waals surface area (Å²) in [6, 6.07) is 4.89. The van der Waals surface area contributed by atoms with Crippen LogP contribution < -0.4 is 11.3 Å². The highest BCUT2D eigenvalue weighted by molar-refractivity contribution is 6.06. The molecule has 1 amide bonds. The molecule has 1 unspecified atom stereocenters. The molecule has 0 bridgehead atoms. The van der Waals surface area contributed by atoms with Crippen LogP contribution in [-0.2, 0) is 0 Å². The van der Waals surface area contributed by atoms with Gasteiger partial charge in [0.25, 0.3) is 11.6 Å². The molecule has 0 spiro atoms. The summed E-state index contributed by atoms with van der Waals surface area (Å²) in [5.74, 6) is -0.408. The lowest BCUT2D eigenvalue weighted by atomic mass is 10.1. The Morgan fingerprint density at radius 3 is 2.65 bits per heavy atom. The molecule has 0 fully saturated rings. The minimum atomic E-state index is -0.551. The highest BCUT2D eigenvalue weighted by Crippen LogP contribution is 2.22. The van der Waals surface area contributed by atoms with Crippen molar-refractivity contribution in [3.8, 4) is 0 Å². The number of halogens is 1. The van der Waals surface area contributed by atoms with Crippen LogP contribution in [0.5, 0.6) is 0 Å².